The van der Waals surface area contributed by atoms with E-state index in [4.69, 9.17) is 14.9 Å². The van der Waals surface area contributed by atoms with Crippen molar-refractivity contribution in [1.29, 1.82) is 0 Å². The lowest BCUT2D eigenvalue weighted by Gasteiger charge is -2.16. The number of rotatable bonds is 4. The van der Waals surface area contributed by atoms with Gasteiger partial charge in [0, 0.05) is 0 Å². The summed E-state index contributed by atoms with van der Waals surface area (Å²) in [5, 5.41) is 27.0. The first-order valence-electron chi connectivity index (χ1n) is 4.36. The van der Waals surface area contributed by atoms with Gasteiger partial charge >= 0.3 is 0 Å². The van der Waals surface area contributed by atoms with Gasteiger partial charge in [0.05, 0.1) is 13.2 Å². The quantitative estimate of drug-likeness (QED) is 0.656. The van der Waals surface area contributed by atoms with Crippen molar-refractivity contribution in [1.82, 2.24) is 0 Å². The van der Waals surface area contributed by atoms with Crippen LogP contribution in [0.4, 0.5) is 0 Å². The molecule has 3 N–H and O–H groups in total. The maximum Gasteiger partial charge on any atom is 0.164 e. The molecule has 0 radical (unpaired) electrons. The standard InChI is InChI=1S/C10H14O4/c1-7-3-2-4-9(13)10(7)14-8(5-11)6-12/h2-4,8,11-13H,5-6H2,1H3. The van der Waals surface area contributed by atoms with Crippen molar-refractivity contribution in [3.63, 3.8) is 0 Å². The molecule has 0 heterocycles. The number of aryl methyl sites for hydroxylation is 1. The number of aliphatic hydroxyl groups is 2. The lowest BCUT2D eigenvalue weighted by molar-refractivity contribution is 0.0605. The fourth-order valence-electron chi connectivity index (χ4n) is 1.09. The molecule has 0 aliphatic heterocycles. The van der Waals surface area contributed by atoms with Crippen molar-refractivity contribution in [3.05, 3.63) is 23.8 Å². The van der Waals surface area contributed by atoms with Gasteiger partial charge in [-0.3, -0.25) is 0 Å². The molecular weight excluding hydrogens is 184 g/mol. The highest BCUT2D eigenvalue weighted by Gasteiger charge is 2.12. The first kappa shape index (κ1) is 10.8. The average molecular weight is 198 g/mol. The van der Waals surface area contributed by atoms with Crippen LogP contribution in [0.2, 0.25) is 0 Å². The van der Waals surface area contributed by atoms with Gasteiger partial charge in [-0.25, -0.2) is 0 Å². The van der Waals surface area contributed by atoms with Crippen LogP contribution in [0.3, 0.4) is 0 Å². The summed E-state index contributed by atoms with van der Waals surface area (Å²) in [5.74, 6) is 0.317. The van der Waals surface area contributed by atoms with Gasteiger partial charge in [-0.1, -0.05) is 12.1 Å². The summed E-state index contributed by atoms with van der Waals surface area (Å²) in [6.45, 7) is 1.20. The third kappa shape index (κ3) is 2.37. The van der Waals surface area contributed by atoms with Gasteiger partial charge in [0.25, 0.3) is 0 Å². The van der Waals surface area contributed by atoms with Crippen LogP contribution in [0.15, 0.2) is 18.2 Å². The summed E-state index contributed by atoms with van der Waals surface area (Å²) < 4.78 is 5.22. The molecule has 14 heavy (non-hydrogen) atoms. The highest BCUT2D eigenvalue weighted by Crippen LogP contribution is 2.29. The Morgan fingerprint density at radius 1 is 1.29 bits per heavy atom. The molecular formula is C10H14O4. The van der Waals surface area contributed by atoms with Gasteiger partial charge in [-0.15, -0.1) is 0 Å². The normalized spacial score (nSPS) is 10.6. The predicted molar refractivity (Wildman–Crippen MR) is 51.4 cm³/mol. The molecule has 0 aliphatic carbocycles. The second-order valence-electron chi connectivity index (χ2n) is 3.03. The van der Waals surface area contributed by atoms with Crippen LogP contribution in [0.25, 0.3) is 0 Å². The van der Waals surface area contributed by atoms with Crippen molar-refractivity contribution in [2.24, 2.45) is 0 Å². The molecule has 1 aromatic carbocycles. The van der Waals surface area contributed by atoms with Crippen molar-refractivity contribution in [2.45, 2.75) is 13.0 Å². The largest absolute Gasteiger partial charge is 0.504 e. The van der Waals surface area contributed by atoms with E-state index in [1.165, 1.54) is 6.07 Å². The summed E-state index contributed by atoms with van der Waals surface area (Å²) in [7, 11) is 0. The molecule has 0 aliphatic rings. The van der Waals surface area contributed by atoms with Crippen LogP contribution in [-0.2, 0) is 0 Å². The first-order chi connectivity index (χ1) is 6.69. The maximum atomic E-state index is 9.44. The van der Waals surface area contributed by atoms with E-state index in [9.17, 15) is 5.11 Å². The minimum Gasteiger partial charge on any atom is -0.504 e. The number of ether oxygens (including phenoxy) is 1. The molecule has 1 aromatic rings. The third-order valence-corrected chi connectivity index (χ3v) is 1.88. The third-order valence-electron chi connectivity index (χ3n) is 1.88. The Morgan fingerprint density at radius 3 is 2.43 bits per heavy atom. The van der Waals surface area contributed by atoms with E-state index < -0.39 is 6.10 Å². The molecule has 0 aromatic heterocycles. The number of phenolic OH excluding ortho intramolecular Hbond substituents is 1. The van der Waals surface area contributed by atoms with Crippen molar-refractivity contribution >= 4 is 0 Å². The van der Waals surface area contributed by atoms with Gasteiger partial charge in [0.1, 0.15) is 6.10 Å². The van der Waals surface area contributed by atoms with Gasteiger partial charge in [0.15, 0.2) is 11.5 Å². The van der Waals surface area contributed by atoms with Crippen LogP contribution < -0.4 is 4.74 Å². The van der Waals surface area contributed by atoms with Gasteiger partial charge < -0.3 is 20.1 Å². The van der Waals surface area contributed by atoms with Gasteiger partial charge in [-0.05, 0) is 18.6 Å². The Labute approximate surface area is 82.4 Å². The number of benzene rings is 1. The van der Waals surface area contributed by atoms with E-state index in [2.05, 4.69) is 0 Å². The highest BCUT2D eigenvalue weighted by molar-refractivity contribution is 5.44. The number of hydrogen-bond donors (Lipinski definition) is 3. The molecule has 4 heteroatoms. The number of para-hydroxylation sites is 1. The highest BCUT2D eigenvalue weighted by atomic mass is 16.5. The predicted octanol–water partition coefficient (Wildman–Crippen LogP) is 0.433. The van der Waals surface area contributed by atoms with Crippen LogP contribution in [0, 0.1) is 6.92 Å². The topological polar surface area (TPSA) is 69.9 Å². The number of phenols is 1. The zero-order chi connectivity index (χ0) is 10.6. The Hall–Kier alpha value is -1.26. The van der Waals surface area contributed by atoms with E-state index in [0.29, 0.717) is 5.75 Å². The van der Waals surface area contributed by atoms with Crippen LogP contribution in [-0.4, -0.2) is 34.6 Å². The minimum atomic E-state index is -0.693. The molecule has 78 valence electrons. The monoisotopic (exact) mass is 198 g/mol. The molecule has 1 rings (SSSR count). The van der Waals surface area contributed by atoms with Gasteiger partial charge in [0.2, 0.25) is 0 Å². The molecule has 0 amide bonds. The smallest absolute Gasteiger partial charge is 0.164 e. The molecule has 0 unspecified atom stereocenters. The Balaban J connectivity index is 2.84. The lowest BCUT2D eigenvalue weighted by Crippen LogP contribution is -2.25. The number of aliphatic hydroxyl groups excluding tert-OH is 2. The van der Waals surface area contributed by atoms with Crippen LogP contribution in [0.5, 0.6) is 11.5 Å². The fourth-order valence-corrected chi connectivity index (χ4v) is 1.09. The lowest BCUT2D eigenvalue weighted by atomic mass is 10.2. The second kappa shape index (κ2) is 4.83. The summed E-state index contributed by atoms with van der Waals surface area (Å²) >= 11 is 0. The van der Waals surface area contributed by atoms with Crippen LogP contribution >= 0.6 is 0 Å². The molecule has 0 atom stereocenters. The molecule has 0 saturated heterocycles. The van der Waals surface area contributed by atoms with Gasteiger partial charge in [-0.2, -0.15) is 0 Å². The van der Waals surface area contributed by atoms with Crippen molar-refractivity contribution < 1.29 is 20.1 Å². The van der Waals surface area contributed by atoms with E-state index in [1.54, 1.807) is 19.1 Å². The Bertz CT molecular complexity index is 274. The molecule has 4 nitrogen and oxygen atoms in total. The number of hydrogen-bond acceptors (Lipinski definition) is 4. The Morgan fingerprint density at radius 2 is 1.93 bits per heavy atom. The van der Waals surface area contributed by atoms with E-state index >= 15 is 0 Å². The molecule has 0 bridgehead atoms. The van der Waals surface area contributed by atoms with E-state index in [1.807, 2.05) is 0 Å². The zero-order valence-corrected chi connectivity index (χ0v) is 7.97. The summed E-state index contributed by atoms with van der Waals surface area (Å²) in [6, 6.07) is 4.97. The fraction of sp³-hybridized carbons (Fsp3) is 0.400. The second-order valence-corrected chi connectivity index (χ2v) is 3.03. The zero-order valence-electron chi connectivity index (χ0n) is 7.97. The van der Waals surface area contributed by atoms with E-state index in [-0.39, 0.29) is 19.0 Å². The van der Waals surface area contributed by atoms with Crippen molar-refractivity contribution in [2.75, 3.05) is 13.2 Å². The Kier molecular flexibility index (Phi) is 3.73. The van der Waals surface area contributed by atoms with Crippen LogP contribution in [0.1, 0.15) is 5.56 Å². The van der Waals surface area contributed by atoms with E-state index in [0.717, 1.165) is 5.56 Å². The molecule has 0 saturated carbocycles. The minimum absolute atomic E-state index is 0.0110. The first-order valence-corrected chi connectivity index (χ1v) is 4.36. The maximum absolute atomic E-state index is 9.44. The summed E-state index contributed by atoms with van der Waals surface area (Å²) in [4.78, 5) is 0. The molecule has 0 fully saturated rings. The summed E-state index contributed by atoms with van der Waals surface area (Å²) in [6.07, 6.45) is -0.693. The molecule has 0 spiro atoms. The SMILES string of the molecule is Cc1cccc(O)c1OC(CO)CO. The average Bonchev–Trinajstić information content (AvgIpc) is 2.18. The number of aromatic hydroxyl groups is 1. The summed E-state index contributed by atoms with van der Waals surface area (Å²) in [5.41, 5.74) is 0.761. The van der Waals surface area contributed by atoms with Crippen molar-refractivity contribution in [3.8, 4) is 11.5 Å².